The van der Waals surface area contributed by atoms with Crippen LogP contribution in [0.25, 0.3) is 0 Å². The van der Waals surface area contributed by atoms with Gasteiger partial charge in [0, 0.05) is 17.8 Å². The maximum atomic E-state index is 12.1. The molecule has 0 unspecified atom stereocenters. The molecular formula is C19H20N2O2. The molecule has 2 aromatic carbocycles. The number of anilines is 2. The van der Waals surface area contributed by atoms with Crippen molar-refractivity contribution in [2.75, 3.05) is 10.6 Å². The lowest BCUT2D eigenvalue weighted by atomic mass is 9.86. The first kappa shape index (κ1) is 15.3. The number of amides is 2. The number of benzene rings is 2. The average Bonchev–Trinajstić information content (AvgIpc) is 2.76. The fourth-order valence-electron chi connectivity index (χ4n) is 2.78. The minimum atomic E-state index is -0.569. The van der Waals surface area contributed by atoms with Crippen molar-refractivity contribution in [3.05, 3.63) is 59.7 Å². The molecule has 0 saturated carbocycles. The SMILES string of the molecule is CC1(C)C(=O)Nc2ccc(NC(=O)CCc3ccccc3)cc21. The molecular weight excluding hydrogens is 288 g/mol. The third-order valence-electron chi connectivity index (χ3n) is 4.28. The van der Waals surface area contributed by atoms with Crippen molar-refractivity contribution in [1.82, 2.24) is 0 Å². The Morgan fingerprint density at radius 1 is 1.13 bits per heavy atom. The van der Waals surface area contributed by atoms with Crippen LogP contribution in [0.3, 0.4) is 0 Å². The van der Waals surface area contributed by atoms with Gasteiger partial charge in [0.05, 0.1) is 5.41 Å². The third kappa shape index (κ3) is 3.11. The Hall–Kier alpha value is -2.62. The van der Waals surface area contributed by atoms with E-state index in [2.05, 4.69) is 10.6 Å². The van der Waals surface area contributed by atoms with E-state index in [1.165, 1.54) is 0 Å². The molecule has 23 heavy (non-hydrogen) atoms. The minimum absolute atomic E-state index is 0.0138. The topological polar surface area (TPSA) is 58.2 Å². The van der Waals surface area contributed by atoms with Gasteiger partial charge in [-0.2, -0.15) is 0 Å². The summed E-state index contributed by atoms with van der Waals surface area (Å²) in [5, 5.41) is 5.78. The highest BCUT2D eigenvalue weighted by atomic mass is 16.2. The van der Waals surface area contributed by atoms with Crippen LogP contribution >= 0.6 is 0 Å². The monoisotopic (exact) mass is 308 g/mol. The Bertz CT molecular complexity index is 751. The first-order valence-corrected chi connectivity index (χ1v) is 7.76. The molecule has 0 aliphatic carbocycles. The van der Waals surface area contributed by atoms with Crippen molar-refractivity contribution in [1.29, 1.82) is 0 Å². The van der Waals surface area contributed by atoms with Crippen molar-refractivity contribution >= 4 is 23.2 Å². The van der Waals surface area contributed by atoms with Gasteiger partial charge < -0.3 is 10.6 Å². The summed E-state index contributed by atoms with van der Waals surface area (Å²) in [6, 6.07) is 15.5. The summed E-state index contributed by atoms with van der Waals surface area (Å²) in [5.41, 5.74) is 3.05. The molecule has 1 aliphatic rings. The number of hydrogen-bond donors (Lipinski definition) is 2. The van der Waals surface area contributed by atoms with Gasteiger partial charge in [0.1, 0.15) is 0 Å². The molecule has 118 valence electrons. The molecule has 4 nitrogen and oxygen atoms in total. The second kappa shape index (κ2) is 5.88. The number of aryl methyl sites for hydroxylation is 1. The highest BCUT2D eigenvalue weighted by Crippen LogP contribution is 2.38. The average molecular weight is 308 g/mol. The number of nitrogens with one attached hydrogen (secondary N) is 2. The third-order valence-corrected chi connectivity index (χ3v) is 4.28. The van der Waals surface area contributed by atoms with Crippen LogP contribution in [0.5, 0.6) is 0 Å². The molecule has 0 fully saturated rings. The van der Waals surface area contributed by atoms with Crippen LogP contribution < -0.4 is 10.6 Å². The van der Waals surface area contributed by atoms with E-state index in [0.29, 0.717) is 12.8 Å². The van der Waals surface area contributed by atoms with Gasteiger partial charge in [-0.25, -0.2) is 0 Å². The van der Waals surface area contributed by atoms with E-state index in [-0.39, 0.29) is 11.8 Å². The molecule has 0 spiro atoms. The van der Waals surface area contributed by atoms with Crippen LogP contribution in [0.1, 0.15) is 31.4 Å². The van der Waals surface area contributed by atoms with Crippen LogP contribution in [-0.4, -0.2) is 11.8 Å². The van der Waals surface area contributed by atoms with Crippen LogP contribution in [-0.2, 0) is 21.4 Å². The van der Waals surface area contributed by atoms with Crippen LogP contribution in [0.15, 0.2) is 48.5 Å². The number of fused-ring (bicyclic) bond motifs is 1. The summed E-state index contributed by atoms with van der Waals surface area (Å²) in [6.45, 7) is 3.77. The lowest BCUT2D eigenvalue weighted by molar-refractivity contribution is -0.119. The normalized spacial score (nSPS) is 15.0. The minimum Gasteiger partial charge on any atom is -0.326 e. The van der Waals surface area contributed by atoms with Gasteiger partial charge >= 0.3 is 0 Å². The van der Waals surface area contributed by atoms with Crippen molar-refractivity contribution in [2.24, 2.45) is 0 Å². The molecule has 0 radical (unpaired) electrons. The summed E-state index contributed by atoms with van der Waals surface area (Å²) >= 11 is 0. The van der Waals surface area contributed by atoms with Crippen molar-refractivity contribution in [3.63, 3.8) is 0 Å². The Kier molecular flexibility index (Phi) is 3.90. The first-order chi connectivity index (χ1) is 11.0. The molecule has 1 aliphatic heterocycles. The summed E-state index contributed by atoms with van der Waals surface area (Å²) in [4.78, 5) is 24.1. The predicted octanol–water partition coefficient (Wildman–Crippen LogP) is 3.49. The van der Waals surface area contributed by atoms with Crippen LogP contribution in [0, 0.1) is 0 Å². The zero-order valence-corrected chi connectivity index (χ0v) is 13.3. The number of rotatable bonds is 4. The fourth-order valence-corrected chi connectivity index (χ4v) is 2.78. The largest absolute Gasteiger partial charge is 0.326 e. The predicted molar refractivity (Wildman–Crippen MR) is 91.5 cm³/mol. The van der Waals surface area contributed by atoms with Gasteiger partial charge in [0.2, 0.25) is 11.8 Å². The molecule has 0 saturated heterocycles. The molecule has 2 N–H and O–H groups in total. The Morgan fingerprint density at radius 3 is 2.61 bits per heavy atom. The second-order valence-corrected chi connectivity index (χ2v) is 6.37. The van der Waals surface area contributed by atoms with Gasteiger partial charge in [-0.15, -0.1) is 0 Å². The highest BCUT2D eigenvalue weighted by Gasteiger charge is 2.38. The number of hydrogen-bond acceptors (Lipinski definition) is 2. The zero-order chi connectivity index (χ0) is 16.4. The van der Waals surface area contributed by atoms with Crippen molar-refractivity contribution in [3.8, 4) is 0 Å². The molecule has 4 heteroatoms. The second-order valence-electron chi connectivity index (χ2n) is 6.37. The molecule has 3 rings (SSSR count). The molecule has 0 atom stereocenters. The van der Waals surface area contributed by atoms with Crippen LogP contribution in [0.4, 0.5) is 11.4 Å². The van der Waals surface area contributed by atoms with Gasteiger partial charge in [0.15, 0.2) is 0 Å². The summed E-state index contributed by atoms with van der Waals surface area (Å²) in [7, 11) is 0. The van der Waals surface area contributed by atoms with E-state index in [1.54, 1.807) is 0 Å². The first-order valence-electron chi connectivity index (χ1n) is 7.76. The quantitative estimate of drug-likeness (QED) is 0.908. The lowest BCUT2D eigenvalue weighted by Gasteiger charge is -2.16. The van der Waals surface area contributed by atoms with Gasteiger partial charge in [0.25, 0.3) is 0 Å². The summed E-state index contributed by atoms with van der Waals surface area (Å²) < 4.78 is 0. The van der Waals surface area contributed by atoms with Crippen molar-refractivity contribution < 1.29 is 9.59 Å². The summed E-state index contributed by atoms with van der Waals surface area (Å²) in [6.07, 6.45) is 1.14. The fraction of sp³-hybridized carbons (Fsp3) is 0.263. The molecule has 2 aromatic rings. The molecule has 0 bridgehead atoms. The maximum absolute atomic E-state index is 12.1. The molecule has 0 aromatic heterocycles. The Labute approximate surface area is 135 Å². The molecule has 1 heterocycles. The zero-order valence-electron chi connectivity index (χ0n) is 13.3. The Morgan fingerprint density at radius 2 is 1.87 bits per heavy atom. The number of carbonyl (C=O) groups is 2. The van der Waals surface area contributed by atoms with Gasteiger partial charge in [-0.3, -0.25) is 9.59 Å². The maximum Gasteiger partial charge on any atom is 0.234 e. The van der Waals surface area contributed by atoms with Gasteiger partial charge in [-0.05, 0) is 49.6 Å². The number of carbonyl (C=O) groups excluding carboxylic acids is 2. The Balaban J connectivity index is 1.66. The standard InChI is InChI=1S/C19H20N2O2/c1-19(2)15-12-14(9-10-16(15)21-18(19)23)20-17(22)11-8-13-6-4-3-5-7-13/h3-7,9-10,12H,8,11H2,1-2H3,(H,20,22)(H,21,23). The van der Waals surface area contributed by atoms with Gasteiger partial charge in [-0.1, -0.05) is 30.3 Å². The highest BCUT2D eigenvalue weighted by molar-refractivity contribution is 6.06. The van der Waals surface area contributed by atoms with E-state index in [1.807, 2.05) is 62.4 Å². The smallest absolute Gasteiger partial charge is 0.234 e. The van der Waals surface area contributed by atoms with E-state index in [9.17, 15) is 9.59 Å². The van der Waals surface area contributed by atoms with Crippen LogP contribution in [0.2, 0.25) is 0 Å². The molecule has 2 amide bonds. The van der Waals surface area contributed by atoms with E-state index < -0.39 is 5.41 Å². The van der Waals surface area contributed by atoms with E-state index in [0.717, 1.165) is 22.5 Å². The van der Waals surface area contributed by atoms with Crippen molar-refractivity contribution in [2.45, 2.75) is 32.1 Å². The lowest BCUT2D eigenvalue weighted by Crippen LogP contribution is -2.26. The van der Waals surface area contributed by atoms with E-state index in [4.69, 9.17) is 0 Å². The van der Waals surface area contributed by atoms with E-state index >= 15 is 0 Å². The summed E-state index contributed by atoms with van der Waals surface area (Å²) in [5.74, 6) is -0.0380.